The van der Waals surface area contributed by atoms with Crippen molar-refractivity contribution in [1.29, 1.82) is 0 Å². The van der Waals surface area contributed by atoms with Gasteiger partial charge in [0.15, 0.2) is 87.8 Å². The molecule has 4 spiro atoms. The molecular formula is C89H99N6NaO20. The van der Waals surface area contributed by atoms with Gasteiger partial charge in [-0.25, -0.2) is 9.59 Å². The van der Waals surface area contributed by atoms with Gasteiger partial charge in [0, 0.05) is 95.4 Å². The van der Waals surface area contributed by atoms with Crippen LogP contribution in [0.25, 0.3) is 0 Å². The Bertz CT molecular complexity index is 5220. The Labute approximate surface area is 696 Å². The molecule has 8 aliphatic heterocycles. The van der Waals surface area contributed by atoms with Crippen LogP contribution in [0, 0.1) is 41.9 Å². The molecule has 116 heavy (non-hydrogen) atoms. The van der Waals surface area contributed by atoms with E-state index in [-0.39, 0.29) is 134 Å². The molecule has 16 aliphatic rings. The standard InChI is InChI=1S/C26H26N2O7.C25H24N2O7.C19H23NO3.C18H21NO3.CH4.Na.H/c1-25-11-10-19(34-24(29)33-17-7-5-16(6-8-17)28(30)31)23-26(25)12-13-27(2)20(25)14-15-4-9-18(32-3)22(35-23)21(15)26;1-24-10-9-17(28)22-25(24)11-12-26(2)19(24)13-14-3-8-18(21(34-22)20(14)25)33-23(29)32-16-6-4-15(5-7-16)27(30)31;1-18-7-6-12(21)17-19(18)8-9-20(2)14(18)10-11-4-5-13(22-3)16(23-17)15(11)19;1-17-6-5-12(21)16-18(17)7-8-19(2)13(17)9-10-3-4-11(20)15(22-16)14(10)18;;;/h4-10,20,23H,11-14H2,1-3H3;3-8,19,22H,9-13H2,1-2H3;4-5,14,17H,6-10H2,1-3H3;3-4,13,16,20H,5-9H2,1-2H3;1H4;;/q;;;;;+1;-1/t20-,23+,25+,26+;19-,22+,24+,25+;14-,17+,18+,19+;13-,16+,17+,18+;;;/m1111.../s1. The molecule has 0 unspecified atom stereocenters. The molecule has 8 aliphatic carbocycles. The number of nitro benzene ring substituents is 2. The van der Waals surface area contributed by atoms with Gasteiger partial charge in [0.2, 0.25) is 0 Å². The quantitative estimate of drug-likeness (QED) is 0.0487. The van der Waals surface area contributed by atoms with E-state index in [0.717, 1.165) is 137 Å². The largest absolute Gasteiger partial charge is 1.00 e. The number of phenols is 1. The molecule has 8 heterocycles. The number of ketones is 3. The third kappa shape index (κ3) is 10.6. The van der Waals surface area contributed by atoms with Gasteiger partial charge >= 0.3 is 41.9 Å². The number of carbonyl (C=O) groups is 5. The van der Waals surface area contributed by atoms with Gasteiger partial charge in [-0.3, -0.25) is 34.6 Å². The Morgan fingerprint density at radius 2 is 0.759 bits per heavy atom. The van der Waals surface area contributed by atoms with Crippen molar-refractivity contribution >= 4 is 41.0 Å². The van der Waals surface area contributed by atoms with Gasteiger partial charge in [0.25, 0.3) is 11.4 Å². The van der Waals surface area contributed by atoms with Crippen molar-refractivity contribution in [2.24, 2.45) is 21.7 Å². The molecule has 27 heteroatoms. The summed E-state index contributed by atoms with van der Waals surface area (Å²) in [5.41, 5.74) is 8.21. The molecule has 8 bridgehead atoms. The normalized spacial score (nSPS) is 34.1. The van der Waals surface area contributed by atoms with Crippen molar-refractivity contribution in [2.75, 3.05) is 68.6 Å². The topological polar surface area (TPSA) is 297 Å². The number of likely N-dealkylation sites (N-methyl/N-ethyl adjacent to an activating group) is 4. The summed E-state index contributed by atoms with van der Waals surface area (Å²) < 4.78 is 58.4. The van der Waals surface area contributed by atoms with E-state index in [9.17, 15) is 49.3 Å². The first-order valence-corrected chi connectivity index (χ1v) is 40.0. The van der Waals surface area contributed by atoms with Crippen LogP contribution in [0.3, 0.4) is 0 Å². The molecular weight excluding hydrogens is 1500 g/mol. The van der Waals surface area contributed by atoms with Crippen LogP contribution in [-0.4, -0.2) is 181 Å². The Morgan fingerprint density at radius 3 is 1.14 bits per heavy atom. The third-order valence-corrected chi connectivity index (χ3v) is 31.5. The minimum atomic E-state index is -0.979. The van der Waals surface area contributed by atoms with E-state index >= 15 is 0 Å². The average molecular weight is 1600 g/mol. The minimum absolute atomic E-state index is 0. The smallest absolute Gasteiger partial charge is 1.00 e. The van der Waals surface area contributed by atoms with Crippen LogP contribution in [-0.2, 0) is 66.5 Å². The Kier molecular flexibility index (Phi) is 19.0. The van der Waals surface area contributed by atoms with Gasteiger partial charge in [-0.1, -0.05) is 59.4 Å². The first-order valence-electron chi connectivity index (χ1n) is 40.0. The van der Waals surface area contributed by atoms with Crippen molar-refractivity contribution in [2.45, 2.75) is 202 Å². The molecule has 1 N–H and O–H groups in total. The zero-order chi connectivity index (χ0) is 79.6. The summed E-state index contributed by atoms with van der Waals surface area (Å²) >= 11 is 0. The molecule has 3 saturated carbocycles. The van der Waals surface area contributed by atoms with Crippen LogP contribution in [0.5, 0.6) is 57.5 Å². The summed E-state index contributed by atoms with van der Waals surface area (Å²) in [6.07, 6.45) is 10.9. The van der Waals surface area contributed by atoms with Crippen LogP contribution < -0.4 is 72.2 Å². The number of likely N-dealkylation sites (tertiary alicyclic amines) is 4. The van der Waals surface area contributed by atoms with E-state index in [1.807, 2.05) is 30.3 Å². The number of hydrogen-bond donors (Lipinski definition) is 1. The number of benzene rings is 6. The Morgan fingerprint density at radius 1 is 0.440 bits per heavy atom. The van der Waals surface area contributed by atoms with Gasteiger partial charge in [-0.05, 0) is 225 Å². The third-order valence-electron chi connectivity index (χ3n) is 31.5. The molecule has 6 aromatic rings. The number of nitro groups is 2. The maximum atomic E-state index is 13.1. The molecule has 0 radical (unpaired) electrons. The number of non-ortho nitro benzene ring substituents is 2. The van der Waals surface area contributed by atoms with Crippen LogP contribution >= 0.6 is 0 Å². The predicted molar refractivity (Wildman–Crippen MR) is 420 cm³/mol. The summed E-state index contributed by atoms with van der Waals surface area (Å²) in [6.45, 7) is 13.2. The number of hydrogen-bond acceptors (Lipinski definition) is 24. The number of ether oxygens (including phenoxy) is 10. The van der Waals surface area contributed by atoms with Crippen LogP contribution in [0.2, 0.25) is 0 Å². The number of rotatable bonds is 8. The van der Waals surface area contributed by atoms with E-state index in [4.69, 9.17) is 47.4 Å². The molecule has 4 saturated heterocycles. The molecule has 26 nitrogen and oxygen atoms in total. The van der Waals surface area contributed by atoms with Crippen molar-refractivity contribution in [1.82, 2.24) is 19.6 Å². The molecule has 22 rings (SSSR count). The monoisotopic (exact) mass is 1590 g/mol. The summed E-state index contributed by atoms with van der Waals surface area (Å²) in [5.74, 6) is 5.82. The average Bonchev–Trinajstić information content (AvgIpc) is 1.57. The molecule has 0 aromatic heterocycles. The van der Waals surface area contributed by atoms with E-state index in [1.165, 1.54) is 76.3 Å². The van der Waals surface area contributed by atoms with E-state index < -0.39 is 45.9 Å². The number of phenolic OH excluding ortho intramolecular Hbond substituents is 1. The number of aromatic hydroxyl groups is 1. The fraction of sp³-hybridized carbons (Fsp3) is 0.517. The van der Waals surface area contributed by atoms with Crippen molar-refractivity contribution < 1.29 is 117 Å². The number of methoxy groups -OCH3 is 2. The maximum Gasteiger partial charge on any atom is 1.00 e. The number of carbonyl (C=O) groups excluding carboxylic acids is 5. The summed E-state index contributed by atoms with van der Waals surface area (Å²) in [6, 6.07) is 27.7. The van der Waals surface area contributed by atoms with Gasteiger partial charge in [-0.15, -0.1) is 0 Å². The van der Waals surface area contributed by atoms with Crippen molar-refractivity contribution in [3.05, 3.63) is 174 Å². The predicted octanol–water partition coefficient (Wildman–Crippen LogP) is 10.3. The van der Waals surface area contributed by atoms with Crippen LogP contribution in [0.4, 0.5) is 21.0 Å². The van der Waals surface area contributed by atoms with Crippen molar-refractivity contribution in [3.63, 3.8) is 0 Å². The van der Waals surface area contributed by atoms with Crippen LogP contribution in [0.1, 0.15) is 152 Å². The van der Waals surface area contributed by atoms with Crippen molar-refractivity contribution in [3.8, 4) is 57.5 Å². The summed E-state index contributed by atoms with van der Waals surface area (Å²) in [4.78, 5) is 94.2. The molecule has 6 aromatic carbocycles. The first kappa shape index (κ1) is 79.3. The Balaban J connectivity index is 0.000000118. The fourth-order valence-corrected chi connectivity index (χ4v) is 25.9. The fourth-order valence-electron chi connectivity index (χ4n) is 25.9. The van der Waals surface area contributed by atoms with E-state index in [0.29, 0.717) is 66.4 Å². The second kappa shape index (κ2) is 27.7. The number of allylic oxidation sites excluding steroid dienone is 1. The van der Waals surface area contributed by atoms with Gasteiger partial charge in [-0.2, -0.15) is 0 Å². The number of Topliss-reactive ketones (excluding diaryl/α,β-unsaturated/α-hetero) is 3. The van der Waals surface area contributed by atoms with E-state index in [2.05, 4.69) is 87.6 Å². The molecule has 16 atom stereocenters. The maximum absolute atomic E-state index is 13.1. The molecule has 7 fully saturated rings. The summed E-state index contributed by atoms with van der Waals surface area (Å²) in [7, 11) is 12.1. The Hall–Kier alpha value is -9.15. The first-order chi connectivity index (χ1) is 54.5. The minimum Gasteiger partial charge on any atom is -1.00 e. The SMILES string of the molecule is C.CN1CC[C@]23c4c5ccc(O)c4O[C@H]2C(=O)CC[C@@]3(C)[C@H]1C5.CN1CC[C@]23c4c5ccc(OC(=O)Oc6ccc([N+](=O)[O-])cc6)c4O[C@H]2C(=O)CC[C@@]3(C)[C@H]1C5.COc1ccc2c3c1O[C@H]1C(=O)CC[C@@]4(C)[C@@H](C2)N(C)CC[C@]314.COc1ccc2c3c1O[C@H]1C(OC(=O)Oc4ccc([N+](=O)[O-])cc4)=CC[C@@]4(C)[C@@H](C2)N(C)CC[C@]314.[H-].[Na+]. The van der Waals surface area contributed by atoms with Gasteiger partial charge < -0.3 is 73.5 Å². The summed E-state index contributed by atoms with van der Waals surface area (Å²) in [5, 5.41) is 32.0. The van der Waals surface area contributed by atoms with Gasteiger partial charge in [0.05, 0.1) is 45.7 Å². The second-order valence-corrected chi connectivity index (χ2v) is 35.6. The van der Waals surface area contributed by atoms with Crippen LogP contribution in [0.15, 0.2) is 109 Å². The number of nitrogens with zero attached hydrogens (tertiary/aromatic N) is 6. The molecule has 606 valence electrons. The van der Waals surface area contributed by atoms with Gasteiger partial charge in [0.1, 0.15) is 17.3 Å². The number of piperidine rings is 4. The zero-order valence-corrected chi connectivity index (χ0v) is 68.8. The second-order valence-electron chi connectivity index (χ2n) is 35.6. The zero-order valence-electron chi connectivity index (χ0n) is 67.8. The molecule has 0 amide bonds. The van der Waals surface area contributed by atoms with E-state index in [1.54, 1.807) is 26.4 Å².